The van der Waals surface area contributed by atoms with Crippen LogP contribution in [0.2, 0.25) is 0 Å². The van der Waals surface area contributed by atoms with E-state index in [1.54, 1.807) is 0 Å². The number of alkyl halides is 8. The van der Waals surface area contributed by atoms with E-state index in [4.69, 9.17) is 0 Å². The molecular weight excluding hydrogens is 243 g/mol. The second kappa shape index (κ2) is 3.93. The lowest BCUT2D eigenvalue weighted by molar-refractivity contribution is -0.282. The normalized spacial score (nSPS) is 15.7. The van der Waals surface area contributed by atoms with Gasteiger partial charge in [-0.15, -0.1) is 0 Å². The lowest BCUT2D eigenvalue weighted by Gasteiger charge is -2.18. The Balaban J connectivity index is 4.69. The Morgan fingerprint density at radius 1 is 0.867 bits per heavy atom. The number of hydrogen-bond donors (Lipinski definition) is 0. The third-order valence-electron chi connectivity index (χ3n) is 1.13. The average Bonchev–Trinajstić information content (AvgIpc) is 1.75. The molecule has 0 radical (unpaired) electrons. The third-order valence-corrected chi connectivity index (χ3v) is 1.13. The van der Waals surface area contributed by atoms with Gasteiger partial charge in [-0.2, -0.15) is 35.1 Å². The minimum absolute atomic E-state index is 1.24. The minimum Gasteiger partial charge on any atom is -0.212 e. The Morgan fingerprint density at radius 2 is 1.27 bits per heavy atom. The summed E-state index contributed by atoms with van der Waals surface area (Å²) in [6.45, 7) is 0. The van der Waals surface area contributed by atoms with Crippen molar-refractivity contribution in [1.82, 2.24) is 0 Å². The number of hydrogen-bond acceptors (Lipinski definition) is 0. The highest BCUT2D eigenvalue weighted by Gasteiger charge is 2.57. The van der Waals surface area contributed by atoms with Gasteiger partial charge in [-0.1, -0.05) is 0 Å². The first kappa shape index (κ1) is 14.1. The second-order valence-corrected chi connectivity index (χ2v) is 2.51. The topological polar surface area (TPSA) is 0 Å². The summed E-state index contributed by atoms with van der Waals surface area (Å²) in [5.74, 6) is -8.09. The van der Waals surface area contributed by atoms with Crippen LogP contribution in [-0.4, -0.2) is 18.3 Å². The van der Waals surface area contributed by atoms with Gasteiger partial charge in [0, 0.05) is 0 Å². The summed E-state index contributed by atoms with van der Waals surface area (Å²) in [4.78, 5) is 0. The molecule has 0 aromatic carbocycles. The zero-order valence-corrected chi connectivity index (χ0v) is 6.69. The molecule has 0 bridgehead atoms. The van der Waals surface area contributed by atoms with Crippen molar-refractivity contribution in [3.8, 4) is 0 Å². The maximum absolute atomic E-state index is 12.1. The van der Waals surface area contributed by atoms with E-state index in [0.717, 1.165) is 0 Å². The van der Waals surface area contributed by atoms with Gasteiger partial charge in [-0.05, 0) is 0 Å². The van der Waals surface area contributed by atoms with Gasteiger partial charge in [-0.25, -0.2) is 4.39 Å². The SMILES string of the molecule is FC(=CC(F)(F)F)CC(F)(F)C(F)(F)F. The van der Waals surface area contributed by atoms with Gasteiger partial charge >= 0.3 is 18.3 Å². The molecule has 0 aliphatic heterocycles. The van der Waals surface area contributed by atoms with E-state index in [1.165, 1.54) is 0 Å². The van der Waals surface area contributed by atoms with Crippen molar-refractivity contribution in [2.45, 2.75) is 24.7 Å². The summed E-state index contributed by atoms with van der Waals surface area (Å²) in [6.07, 6.45) is -15.3. The molecule has 0 N–H and O–H groups in total. The van der Waals surface area contributed by atoms with Crippen LogP contribution in [0.25, 0.3) is 0 Å². The van der Waals surface area contributed by atoms with Crippen molar-refractivity contribution in [2.75, 3.05) is 0 Å². The van der Waals surface area contributed by atoms with Crippen LogP contribution in [0.1, 0.15) is 6.42 Å². The smallest absolute Gasteiger partial charge is 0.212 e. The van der Waals surface area contributed by atoms with Crippen LogP contribution in [0.5, 0.6) is 0 Å². The Hall–Kier alpha value is -0.890. The minimum atomic E-state index is -6.08. The van der Waals surface area contributed by atoms with E-state index >= 15 is 0 Å². The highest BCUT2D eigenvalue weighted by atomic mass is 19.4. The fourth-order valence-corrected chi connectivity index (χ4v) is 0.541. The van der Waals surface area contributed by atoms with E-state index in [9.17, 15) is 39.5 Å². The summed E-state index contributed by atoms with van der Waals surface area (Å²) < 4.78 is 104. The molecule has 0 aliphatic rings. The molecular formula is C6H3F9. The Labute approximate surface area is 77.4 Å². The first-order valence-corrected chi connectivity index (χ1v) is 3.24. The largest absolute Gasteiger partial charge is 0.453 e. The van der Waals surface area contributed by atoms with Crippen LogP contribution in [0.3, 0.4) is 0 Å². The van der Waals surface area contributed by atoms with Gasteiger partial charge in [0.05, 0.1) is 12.5 Å². The average molecular weight is 246 g/mol. The van der Waals surface area contributed by atoms with Crippen LogP contribution in [0.15, 0.2) is 11.9 Å². The van der Waals surface area contributed by atoms with Gasteiger partial charge in [0.2, 0.25) is 0 Å². The maximum atomic E-state index is 12.1. The quantitative estimate of drug-likeness (QED) is 0.646. The lowest BCUT2D eigenvalue weighted by Crippen LogP contribution is -2.36. The molecule has 0 fully saturated rings. The first-order valence-electron chi connectivity index (χ1n) is 3.24. The van der Waals surface area contributed by atoms with Gasteiger partial charge < -0.3 is 0 Å². The number of allylic oxidation sites excluding steroid dienone is 2. The molecule has 0 rings (SSSR count). The molecule has 0 unspecified atom stereocenters. The molecule has 0 aromatic heterocycles. The summed E-state index contributed by atoms with van der Waals surface area (Å²) in [6, 6.07) is 0. The van der Waals surface area contributed by atoms with Crippen LogP contribution in [0, 0.1) is 0 Å². The summed E-state index contributed by atoms with van der Waals surface area (Å²) in [7, 11) is 0. The fraction of sp³-hybridized carbons (Fsp3) is 0.667. The van der Waals surface area contributed by atoms with E-state index < -0.39 is 36.6 Å². The van der Waals surface area contributed by atoms with E-state index in [1.807, 2.05) is 0 Å². The molecule has 90 valence electrons. The fourth-order valence-electron chi connectivity index (χ4n) is 0.541. The molecule has 0 atom stereocenters. The summed E-state index contributed by atoms with van der Waals surface area (Å²) in [5.41, 5.74) is 0. The van der Waals surface area contributed by atoms with Crippen LogP contribution in [0.4, 0.5) is 39.5 Å². The molecule has 9 heteroatoms. The number of rotatable bonds is 2. The third kappa shape index (κ3) is 4.93. The van der Waals surface area contributed by atoms with Crippen molar-refractivity contribution in [2.24, 2.45) is 0 Å². The summed E-state index contributed by atoms with van der Waals surface area (Å²) >= 11 is 0. The van der Waals surface area contributed by atoms with Gasteiger partial charge in [0.25, 0.3) is 0 Å². The van der Waals surface area contributed by atoms with Crippen molar-refractivity contribution < 1.29 is 39.5 Å². The van der Waals surface area contributed by atoms with Crippen molar-refractivity contribution in [1.29, 1.82) is 0 Å². The van der Waals surface area contributed by atoms with Crippen molar-refractivity contribution in [3.63, 3.8) is 0 Å². The van der Waals surface area contributed by atoms with E-state index in [0.29, 0.717) is 0 Å². The summed E-state index contributed by atoms with van der Waals surface area (Å²) in [5, 5.41) is 0. The molecule has 0 nitrogen and oxygen atoms in total. The zero-order valence-electron chi connectivity index (χ0n) is 6.69. The molecule has 0 amide bonds. The van der Waals surface area contributed by atoms with Gasteiger partial charge in [0.1, 0.15) is 5.83 Å². The molecule has 0 saturated carbocycles. The monoisotopic (exact) mass is 246 g/mol. The Bertz CT molecular complexity index is 242. The molecule has 0 aromatic rings. The van der Waals surface area contributed by atoms with Crippen LogP contribution < -0.4 is 0 Å². The Morgan fingerprint density at radius 3 is 1.53 bits per heavy atom. The van der Waals surface area contributed by atoms with Crippen LogP contribution >= 0.6 is 0 Å². The standard InChI is InChI=1S/C6H3F9/c7-3(2-5(10,11)12)1-4(8,9)6(13,14)15/h2H,1H2. The Kier molecular flexibility index (Phi) is 3.70. The van der Waals surface area contributed by atoms with Crippen LogP contribution in [-0.2, 0) is 0 Å². The van der Waals surface area contributed by atoms with Crippen molar-refractivity contribution in [3.05, 3.63) is 11.9 Å². The molecule has 0 saturated heterocycles. The predicted octanol–water partition coefficient (Wildman–Crippen LogP) is 3.99. The molecule has 0 spiro atoms. The van der Waals surface area contributed by atoms with Gasteiger partial charge in [-0.3, -0.25) is 0 Å². The van der Waals surface area contributed by atoms with E-state index in [2.05, 4.69) is 0 Å². The highest BCUT2D eigenvalue weighted by molar-refractivity contribution is 5.01. The maximum Gasteiger partial charge on any atom is 0.453 e. The number of halogens is 9. The van der Waals surface area contributed by atoms with Gasteiger partial charge in [0.15, 0.2) is 0 Å². The highest BCUT2D eigenvalue weighted by Crippen LogP contribution is 2.40. The predicted molar refractivity (Wildman–Crippen MR) is 30.9 cm³/mol. The van der Waals surface area contributed by atoms with E-state index in [-0.39, 0.29) is 0 Å². The second-order valence-electron chi connectivity index (χ2n) is 2.51. The van der Waals surface area contributed by atoms with Crippen molar-refractivity contribution >= 4 is 0 Å². The molecule has 0 heterocycles. The first-order chi connectivity index (χ1) is 6.35. The lowest BCUT2D eigenvalue weighted by atomic mass is 10.2. The molecule has 15 heavy (non-hydrogen) atoms. The molecule has 0 aliphatic carbocycles. The zero-order chi connectivity index (χ0) is 12.5.